The van der Waals surface area contributed by atoms with E-state index in [9.17, 15) is 0 Å². The van der Waals surface area contributed by atoms with Gasteiger partial charge in [0.25, 0.3) is 0 Å². The van der Waals surface area contributed by atoms with Crippen molar-refractivity contribution in [3.8, 4) is 0 Å². The molecule has 1 aliphatic heterocycles. The number of hydrogen-bond donors (Lipinski definition) is 0. The summed E-state index contributed by atoms with van der Waals surface area (Å²) in [4.78, 5) is 0. The van der Waals surface area contributed by atoms with E-state index in [1.807, 2.05) is 0 Å². The van der Waals surface area contributed by atoms with Gasteiger partial charge in [-0.2, -0.15) is 0 Å². The van der Waals surface area contributed by atoms with Gasteiger partial charge in [-0.3, -0.25) is 0 Å². The van der Waals surface area contributed by atoms with E-state index in [1.54, 1.807) is 0 Å². The molecule has 0 aromatic carbocycles. The second kappa shape index (κ2) is 5.13. The summed E-state index contributed by atoms with van der Waals surface area (Å²) >= 11 is 0. The minimum atomic E-state index is -0.107. The standard InChI is InChI=1S/C13H22O2/c1-3-4-9-14-13-10(2)11-7-5-6-8-12(11)15-13/h11-13H,2-9H2,1H3. The number of rotatable bonds is 4. The molecular formula is C13H22O2. The third-order valence-electron chi connectivity index (χ3n) is 3.55. The largest absolute Gasteiger partial charge is 0.349 e. The molecule has 1 saturated carbocycles. The van der Waals surface area contributed by atoms with Crippen LogP contribution in [-0.2, 0) is 9.47 Å². The molecule has 0 spiro atoms. The lowest BCUT2D eigenvalue weighted by Crippen LogP contribution is -2.20. The first kappa shape index (κ1) is 11.2. The molecule has 0 bridgehead atoms. The van der Waals surface area contributed by atoms with Crippen molar-refractivity contribution < 1.29 is 9.47 Å². The fraction of sp³-hybridized carbons (Fsp3) is 0.846. The normalized spacial score (nSPS) is 35.5. The first-order valence-corrected chi connectivity index (χ1v) is 6.28. The highest BCUT2D eigenvalue weighted by molar-refractivity contribution is 5.13. The quantitative estimate of drug-likeness (QED) is 0.523. The van der Waals surface area contributed by atoms with Crippen LogP contribution in [0.3, 0.4) is 0 Å². The van der Waals surface area contributed by atoms with E-state index in [2.05, 4.69) is 13.5 Å². The summed E-state index contributed by atoms with van der Waals surface area (Å²) in [6.45, 7) is 7.13. The third kappa shape index (κ3) is 2.43. The monoisotopic (exact) mass is 210 g/mol. The molecule has 2 aliphatic rings. The Morgan fingerprint density at radius 2 is 2.20 bits per heavy atom. The summed E-state index contributed by atoms with van der Waals surface area (Å²) in [5, 5.41) is 0. The molecule has 0 N–H and O–H groups in total. The van der Waals surface area contributed by atoms with Gasteiger partial charge in [-0.25, -0.2) is 0 Å². The maximum absolute atomic E-state index is 5.90. The van der Waals surface area contributed by atoms with Gasteiger partial charge in [-0.15, -0.1) is 0 Å². The first-order chi connectivity index (χ1) is 7.33. The van der Waals surface area contributed by atoms with E-state index in [-0.39, 0.29) is 6.29 Å². The van der Waals surface area contributed by atoms with Crippen LogP contribution < -0.4 is 0 Å². The van der Waals surface area contributed by atoms with E-state index < -0.39 is 0 Å². The topological polar surface area (TPSA) is 18.5 Å². The Balaban J connectivity index is 1.84. The fourth-order valence-corrected chi connectivity index (χ4v) is 2.59. The van der Waals surface area contributed by atoms with E-state index >= 15 is 0 Å². The Morgan fingerprint density at radius 1 is 1.40 bits per heavy atom. The minimum Gasteiger partial charge on any atom is -0.349 e. The molecule has 3 unspecified atom stereocenters. The van der Waals surface area contributed by atoms with Crippen molar-refractivity contribution in [2.45, 2.75) is 57.8 Å². The highest BCUT2D eigenvalue weighted by Gasteiger charge is 2.40. The molecule has 0 aromatic heterocycles. The van der Waals surface area contributed by atoms with Crippen molar-refractivity contribution in [2.75, 3.05) is 6.61 Å². The highest BCUT2D eigenvalue weighted by Crippen LogP contribution is 2.40. The van der Waals surface area contributed by atoms with Crippen LogP contribution in [0.25, 0.3) is 0 Å². The lowest BCUT2D eigenvalue weighted by molar-refractivity contribution is -0.125. The average Bonchev–Trinajstić information content (AvgIpc) is 2.57. The van der Waals surface area contributed by atoms with Gasteiger partial charge in [0.05, 0.1) is 12.7 Å². The van der Waals surface area contributed by atoms with E-state index in [0.29, 0.717) is 12.0 Å². The predicted octanol–water partition coefficient (Wildman–Crippen LogP) is 3.27. The van der Waals surface area contributed by atoms with Gasteiger partial charge in [-0.1, -0.05) is 32.8 Å². The summed E-state index contributed by atoms with van der Waals surface area (Å²) in [6.07, 6.45) is 7.65. The van der Waals surface area contributed by atoms with Gasteiger partial charge in [0, 0.05) is 5.92 Å². The zero-order chi connectivity index (χ0) is 10.7. The molecule has 0 radical (unpaired) electrons. The van der Waals surface area contributed by atoms with Gasteiger partial charge in [0.15, 0.2) is 6.29 Å². The van der Waals surface area contributed by atoms with Crippen LogP contribution in [0.15, 0.2) is 12.2 Å². The molecule has 0 amide bonds. The molecule has 1 aliphatic carbocycles. The molecule has 2 heteroatoms. The van der Waals surface area contributed by atoms with Crippen molar-refractivity contribution in [3.63, 3.8) is 0 Å². The number of hydrogen-bond acceptors (Lipinski definition) is 2. The molecule has 2 fully saturated rings. The third-order valence-corrected chi connectivity index (χ3v) is 3.55. The second-order valence-electron chi connectivity index (χ2n) is 4.70. The van der Waals surface area contributed by atoms with Crippen LogP contribution >= 0.6 is 0 Å². The molecule has 3 atom stereocenters. The number of fused-ring (bicyclic) bond motifs is 1. The van der Waals surface area contributed by atoms with Gasteiger partial charge >= 0.3 is 0 Å². The van der Waals surface area contributed by atoms with Crippen molar-refractivity contribution in [3.05, 3.63) is 12.2 Å². The van der Waals surface area contributed by atoms with Gasteiger partial charge in [0.1, 0.15) is 0 Å². The van der Waals surface area contributed by atoms with Crippen LogP contribution in [0.1, 0.15) is 45.4 Å². The zero-order valence-electron chi connectivity index (χ0n) is 9.71. The van der Waals surface area contributed by atoms with Gasteiger partial charge < -0.3 is 9.47 Å². The fourth-order valence-electron chi connectivity index (χ4n) is 2.59. The molecule has 1 heterocycles. The smallest absolute Gasteiger partial charge is 0.180 e. The van der Waals surface area contributed by atoms with Gasteiger partial charge in [0.2, 0.25) is 0 Å². The van der Waals surface area contributed by atoms with Gasteiger partial charge in [-0.05, 0) is 24.8 Å². The average molecular weight is 210 g/mol. The Morgan fingerprint density at radius 3 is 2.93 bits per heavy atom. The Kier molecular flexibility index (Phi) is 3.81. The van der Waals surface area contributed by atoms with E-state index in [0.717, 1.165) is 13.0 Å². The Labute approximate surface area is 92.6 Å². The van der Waals surface area contributed by atoms with Crippen molar-refractivity contribution in [1.82, 2.24) is 0 Å². The maximum atomic E-state index is 5.90. The molecule has 86 valence electrons. The lowest BCUT2D eigenvalue weighted by atomic mass is 9.84. The summed E-state index contributed by atoms with van der Waals surface area (Å²) in [7, 11) is 0. The number of ether oxygens (including phenoxy) is 2. The maximum Gasteiger partial charge on any atom is 0.180 e. The summed E-state index contributed by atoms with van der Waals surface area (Å²) < 4.78 is 11.6. The van der Waals surface area contributed by atoms with Crippen LogP contribution in [0.2, 0.25) is 0 Å². The first-order valence-electron chi connectivity index (χ1n) is 6.28. The SMILES string of the molecule is C=C1C(OCCCC)OC2CCCCC12. The zero-order valence-corrected chi connectivity index (χ0v) is 9.71. The highest BCUT2D eigenvalue weighted by atomic mass is 16.7. The van der Waals surface area contributed by atoms with Crippen molar-refractivity contribution >= 4 is 0 Å². The predicted molar refractivity (Wildman–Crippen MR) is 60.6 cm³/mol. The van der Waals surface area contributed by atoms with Crippen LogP contribution in [0.5, 0.6) is 0 Å². The summed E-state index contributed by atoms with van der Waals surface area (Å²) in [6, 6.07) is 0. The molecule has 2 rings (SSSR count). The molecule has 15 heavy (non-hydrogen) atoms. The van der Waals surface area contributed by atoms with Crippen LogP contribution in [-0.4, -0.2) is 19.0 Å². The van der Waals surface area contributed by atoms with Crippen molar-refractivity contribution in [1.29, 1.82) is 0 Å². The summed E-state index contributed by atoms with van der Waals surface area (Å²) in [5.74, 6) is 0.574. The Bertz CT molecular complexity index is 225. The minimum absolute atomic E-state index is 0.107. The van der Waals surface area contributed by atoms with E-state index in [4.69, 9.17) is 9.47 Å². The summed E-state index contributed by atoms with van der Waals surface area (Å²) in [5.41, 5.74) is 1.19. The van der Waals surface area contributed by atoms with Crippen molar-refractivity contribution in [2.24, 2.45) is 5.92 Å². The molecular weight excluding hydrogens is 188 g/mol. The Hall–Kier alpha value is -0.340. The van der Waals surface area contributed by atoms with Crippen LogP contribution in [0.4, 0.5) is 0 Å². The second-order valence-corrected chi connectivity index (χ2v) is 4.70. The van der Waals surface area contributed by atoms with Crippen LogP contribution in [0, 0.1) is 5.92 Å². The lowest BCUT2D eigenvalue weighted by Gasteiger charge is -2.23. The molecule has 0 aromatic rings. The van der Waals surface area contributed by atoms with E-state index in [1.165, 1.54) is 37.7 Å². The number of unbranched alkanes of at least 4 members (excludes halogenated alkanes) is 1. The molecule has 1 saturated heterocycles. The molecule has 2 nitrogen and oxygen atoms in total.